The molecule has 25 heavy (non-hydrogen) atoms. The summed E-state index contributed by atoms with van der Waals surface area (Å²) in [6.07, 6.45) is 7.86. The monoisotopic (exact) mass is 340 g/mol. The molecule has 132 valence electrons. The Kier molecular flexibility index (Phi) is 4.27. The summed E-state index contributed by atoms with van der Waals surface area (Å²) in [5.41, 5.74) is 3.10. The van der Waals surface area contributed by atoms with Gasteiger partial charge in [-0.25, -0.2) is 9.97 Å². The van der Waals surface area contributed by atoms with E-state index in [0.717, 1.165) is 54.1 Å². The Labute approximate surface area is 147 Å². The summed E-state index contributed by atoms with van der Waals surface area (Å²) in [5, 5.41) is 9.20. The molecule has 7 nitrogen and oxygen atoms in total. The van der Waals surface area contributed by atoms with Gasteiger partial charge in [0.1, 0.15) is 11.9 Å². The molecule has 1 aliphatic rings. The van der Waals surface area contributed by atoms with E-state index in [9.17, 15) is 0 Å². The van der Waals surface area contributed by atoms with Gasteiger partial charge < -0.3 is 14.6 Å². The number of aryl methyl sites for hydroxylation is 3. The normalized spacial score (nSPS) is 21.1. The van der Waals surface area contributed by atoms with E-state index in [2.05, 4.69) is 26.4 Å². The zero-order valence-corrected chi connectivity index (χ0v) is 14.9. The Morgan fingerprint density at radius 1 is 1.32 bits per heavy atom. The Balaban J connectivity index is 1.51. The van der Waals surface area contributed by atoms with Crippen LogP contribution < -0.4 is 5.32 Å². The largest absolute Gasteiger partial charge is 0.369 e. The summed E-state index contributed by atoms with van der Waals surface area (Å²) in [6.45, 7) is 3.57. The smallest absolute Gasteiger partial charge is 0.157 e. The second-order valence-electron chi connectivity index (χ2n) is 6.74. The average molecular weight is 340 g/mol. The van der Waals surface area contributed by atoms with Gasteiger partial charge in [0.2, 0.25) is 0 Å². The predicted molar refractivity (Wildman–Crippen MR) is 95.0 cm³/mol. The minimum Gasteiger partial charge on any atom is -0.369 e. The maximum atomic E-state index is 6.02. The van der Waals surface area contributed by atoms with Crippen LogP contribution in [0.1, 0.15) is 36.0 Å². The molecule has 0 unspecified atom stereocenters. The van der Waals surface area contributed by atoms with Crippen LogP contribution in [0.3, 0.4) is 0 Å². The van der Waals surface area contributed by atoms with E-state index in [4.69, 9.17) is 4.74 Å². The maximum Gasteiger partial charge on any atom is 0.157 e. The number of nitrogens with one attached hydrogen (secondary N) is 1. The lowest BCUT2D eigenvalue weighted by Gasteiger charge is -2.32. The molecule has 1 fully saturated rings. The molecule has 1 saturated heterocycles. The lowest BCUT2D eigenvalue weighted by atomic mass is 10.0. The average Bonchev–Trinajstić information content (AvgIpc) is 3.17. The van der Waals surface area contributed by atoms with E-state index < -0.39 is 0 Å². The lowest BCUT2D eigenvalue weighted by molar-refractivity contribution is -0.0178. The lowest BCUT2D eigenvalue weighted by Crippen LogP contribution is -2.40. The third kappa shape index (κ3) is 3.05. The quantitative estimate of drug-likeness (QED) is 0.787. The molecule has 0 spiro atoms. The molecule has 1 aliphatic heterocycles. The molecular formula is C18H24N6O. The van der Waals surface area contributed by atoms with Gasteiger partial charge in [0, 0.05) is 57.3 Å². The molecule has 7 heteroatoms. The predicted octanol–water partition coefficient (Wildman–Crippen LogP) is 2.02. The zero-order chi connectivity index (χ0) is 17.4. The molecule has 0 amide bonds. The summed E-state index contributed by atoms with van der Waals surface area (Å²) in [7, 11) is 3.94. The number of pyridine rings is 1. The van der Waals surface area contributed by atoms with E-state index >= 15 is 0 Å². The summed E-state index contributed by atoms with van der Waals surface area (Å²) in [4.78, 5) is 9.04. The minimum absolute atomic E-state index is 0.00873. The fourth-order valence-electron chi connectivity index (χ4n) is 3.59. The number of imidazole rings is 1. The Morgan fingerprint density at radius 2 is 2.20 bits per heavy atom. The molecule has 0 saturated carbocycles. The summed E-state index contributed by atoms with van der Waals surface area (Å²) >= 11 is 0. The van der Waals surface area contributed by atoms with E-state index in [1.165, 1.54) is 0 Å². The molecule has 0 radical (unpaired) electrons. The van der Waals surface area contributed by atoms with Gasteiger partial charge in [0.25, 0.3) is 0 Å². The Bertz CT molecular complexity index is 883. The summed E-state index contributed by atoms with van der Waals surface area (Å²) in [5.74, 6) is 0.980. The number of nitrogens with zero attached hydrogens (tertiary/aromatic N) is 5. The Morgan fingerprint density at radius 3 is 3.00 bits per heavy atom. The van der Waals surface area contributed by atoms with Crippen LogP contribution in [-0.4, -0.2) is 37.0 Å². The molecule has 1 N–H and O–H groups in total. The summed E-state index contributed by atoms with van der Waals surface area (Å²) in [6, 6.07) is 2.43. The second-order valence-corrected chi connectivity index (χ2v) is 6.74. The van der Waals surface area contributed by atoms with Crippen molar-refractivity contribution < 1.29 is 4.74 Å². The number of rotatable bonds is 4. The van der Waals surface area contributed by atoms with Gasteiger partial charge in [-0.1, -0.05) is 0 Å². The van der Waals surface area contributed by atoms with Gasteiger partial charge >= 0.3 is 0 Å². The first-order valence-corrected chi connectivity index (χ1v) is 8.74. The van der Waals surface area contributed by atoms with Crippen molar-refractivity contribution >= 4 is 11.0 Å². The van der Waals surface area contributed by atoms with Crippen LogP contribution in [-0.2, 0) is 25.4 Å². The highest BCUT2D eigenvalue weighted by Crippen LogP contribution is 2.27. The van der Waals surface area contributed by atoms with Crippen LogP contribution in [0.4, 0.5) is 0 Å². The number of aromatic nitrogens is 5. The van der Waals surface area contributed by atoms with Crippen molar-refractivity contribution in [3.8, 4) is 0 Å². The van der Waals surface area contributed by atoms with Crippen LogP contribution in [0.15, 0.2) is 24.7 Å². The number of hydrogen-bond acceptors (Lipinski definition) is 5. The van der Waals surface area contributed by atoms with Crippen LogP contribution in [0, 0.1) is 6.92 Å². The van der Waals surface area contributed by atoms with Crippen molar-refractivity contribution in [2.45, 2.75) is 38.5 Å². The van der Waals surface area contributed by atoms with Crippen molar-refractivity contribution in [2.75, 3.05) is 6.61 Å². The Hall–Kier alpha value is -2.25. The van der Waals surface area contributed by atoms with Crippen molar-refractivity contribution in [1.29, 1.82) is 0 Å². The molecule has 4 heterocycles. The maximum absolute atomic E-state index is 6.02. The van der Waals surface area contributed by atoms with Crippen LogP contribution in [0.5, 0.6) is 0 Å². The number of ether oxygens (including phenoxy) is 1. The molecule has 3 aromatic rings. The third-order valence-electron chi connectivity index (χ3n) is 4.92. The molecule has 0 bridgehead atoms. The molecular weight excluding hydrogens is 316 g/mol. The van der Waals surface area contributed by atoms with Gasteiger partial charge in [-0.15, -0.1) is 0 Å². The van der Waals surface area contributed by atoms with Crippen molar-refractivity contribution in [3.63, 3.8) is 0 Å². The van der Waals surface area contributed by atoms with Gasteiger partial charge in [0.15, 0.2) is 5.65 Å². The van der Waals surface area contributed by atoms with E-state index in [-0.39, 0.29) is 12.1 Å². The first kappa shape index (κ1) is 16.2. The summed E-state index contributed by atoms with van der Waals surface area (Å²) < 4.78 is 9.89. The fraction of sp³-hybridized carbons (Fsp3) is 0.500. The van der Waals surface area contributed by atoms with Crippen LogP contribution in [0.25, 0.3) is 11.0 Å². The first-order chi connectivity index (χ1) is 12.1. The molecule has 0 aromatic carbocycles. The number of fused-ring (bicyclic) bond motifs is 1. The minimum atomic E-state index is -0.00873. The van der Waals surface area contributed by atoms with Crippen molar-refractivity contribution in [1.82, 2.24) is 29.6 Å². The van der Waals surface area contributed by atoms with E-state index in [1.807, 2.05) is 48.9 Å². The van der Waals surface area contributed by atoms with Gasteiger partial charge in [-0.3, -0.25) is 4.68 Å². The van der Waals surface area contributed by atoms with Crippen LogP contribution in [0.2, 0.25) is 0 Å². The third-order valence-corrected chi connectivity index (χ3v) is 4.92. The van der Waals surface area contributed by atoms with Gasteiger partial charge in [-0.05, 0) is 31.4 Å². The highest BCUT2D eigenvalue weighted by molar-refractivity contribution is 5.78. The SMILES string of the molecule is Cc1nn(C)c2ncc(CN[C@H]3CCCO[C@@H]3c3nccn3C)cc12. The van der Waals surface area contributed by atoms with E-state index in [1.54, 1.807) is 0 Å². The molecule has 4 rings (SSSR count). The highest BCUT2D eigenvalue weighted by atomic mass is 16.5. The molecule has 3 aromatic heterocycles. The van der Waals surface area contributed by atoms with E-state index in [0.29, 0.717) is 0 Å². The molecule has 0 aliphatic carbocycles. The van der Waals surface area contributed by atoms with Gasteiger partial charge in [0.05, 0.1) is 5.69 Å². The topological polar surface area (TPSA) is 69.8 Å². The fourth-order valence-corrected chi connectivity index (χ4v) is 3.59. The second kappa shape index (κ2) is 6.57. The molecule has 2 atom stereocenters. The van der Waals surface area contributed by atoms with Gasteiger partial charge in [-0.2, -0.15) is 5.10 Å². The van der Waals surface area contributed by atoms with Crippen molar-refractivity contribution in [3.05, 3.63) is 41.7 Å². The highest BCUT2D eigenvalue weighted by Gasteiger charge is 2.29. The zero-order valence-electron chi connectivity index (χ0n) is 14.9. The first-order valence-electron chi connectivity index (χ1n) is 8.74. The van der Waals surface area contributed by atoms with Crippen LogP contribution >= 0.6 is 0 Å². The van der Waals surface area contributed by atoms with Crippen molar-refractivity contribution in [2.24, 2.45) is 14.1 Å². The number of hydrogen-bond donors (Lipinski definition) is 1. The standard InChI is InChI=1S/C18H24N6O/c1-12-14-9-13(11-21-17(14)24(3)22-12)10-20-15-5-4-8-25-16(15)18-19-6-7-23(18)2/h6-7,9,11,15-16,20H,4-5,8,10H2,1-3H3/t15-,16-/m0/s1.